The van der Waals surface area contributed by atoms with Crippen LogP contribution in [0, 0.1) is 6.92 Å². The number of likely N-dealkylation sites (N-methyl/N-ethyl adjacent to an activating group) is 1. The van der Waals surface area contributed by atoms with Crippen LogP contribution in [0.25, 0.3) is 0 Å². The van der Waals surface area contributed by atoms with Gasteiger partial charge in [0.2, 0.25) is 0 Å². The van der Waals surface area contributed by atoms with Crippen LogP contribution in [0.3, 0.4) is 0 Å². The molecular weight excluding hydrogens is 232 g/mol. The number of anilines is 1. The SMILES string of the molecule is CC[NH+]1CC[NH+](CC(=O)Nc2cc(C)on2)CC1. The topological polar surface area (TPSA) is 64.0 Å². The van der Waals surface area contributed by atoms with E-state index in [0.717, 1.165) is 26.2 Å². The van der Waals surface area contributed by atoms with Gasteiger partial charge in [-0.15, -0.1) is 0 Å². The van der Waals surface area contributed by atoms with Crippen LogP contribution in [0.1, 0.15) is 12.7 Å². The molecule has 1 aromatic heterocycles. The van der Waals surface area contributed by atoms with E-state index >= 15 is 0 Å². The molecule has 1 aromatic rings. The molecule has 0 spiro atoms. The molecule has 0 radical (unpaired) electrons. The van der Waals surface area contributed by atoms with E-state index in [-0.39, 0.29) is 5.91 Å². The summed E-state index contributed by atoms with van der Waals surface area (Å²) in [6.45, 7) is 10.1. The van der Waals surface area contributed by atoms with Crippen LogP contribution in [0.2, 0.25) is 0 Å². The van der Waals surface area contributed by atoms with Gasteiger partial charge >= 0.3 is 0 Å². The number of carbonyl (C=O) groups is 1. The summed E-state index contributed by atoms with van der Waals surface area (Å²) in [5.41, 5.74) is 0. The van der Waals surface area contributed by atoms with Crippen molar-refractivity contribution in [1.82, 2.24) is 5.16 Å². The van der Waals surface area contributed by atoms with Gasteiger partial charge in [0.15, 0.2) is 12.4 Å². The van der Waals surface area contributed by atoms with Crippen molar-refractivity contribution in [3.05, 3.63) is 11.8 Å². The molecule has 1 aliphatic rings. The minimum Gasteiger partial charge on any atom is -0.360 e. The Kier molecular flexibility index (Phi) is 4.33. The summed E-state index contributed by atoms with van der Waals surface area (Å²) in [5, 5.41) is 6.52. The summed E-state index contributed by atoms with van der Waals surface area (Å²) >= 11 is 0. The summed E-state index contributed by atoms with van der Waals surface area (Å²) in [6, 6.07) is 1.73. The van der Waals surface area contributed by atoms with E-state index in [1.165, 1.54) is 11.4 Å². The van der Waals surface area contributed by atoms with Gasteiger partial charge in [0.25, 0.3) is 5.91 Å². The predicted molar refractivity (Wildman–Crippen MR) is 66.7 cm³/mol. The second-order valence-electron chi connectivity index (χ2n) is 4.90. The average molecular weight is 254 g/mol. The van der Waals surface area contributed by atoms with Crippen molar-refractivity contribution >= 4 is 11.7 Å². The lowest BCUT2D eigenvalue weighted by atomic mass is 10.3. The van der Waals surface area contributed by atoms with E-state index in [9.17, 15) is 4.79 Å². The van der Waals surface area contributed by atoms with E-state index < -0.39 is 0 Å². The lowest BCUT2D eigenvalue weighted by Gasteiger charge is -2.28. The van der Waals surface area contributed by atoms with Gasteiger partial charge in [0.1, 0.15) is 31.9 Å². The average Bonchev–Trinajstić information content (AvgIpc) is 2.75. The number of piperazine rings is 1. The van der Waals surface area contributed by atoms with E-state index in [0.29, 0.717) is 18.1 Å². The number of hydrogen-bond acceptors (Lipinski definition) is 3. The first-order valence-corrected chi connectivity index (χ1v) is 6.57. The smallest absolute Gasteiger partial charge is 0.280 e. The highest BCUT2D eigenvalue weighted by Gasteiger charge is 2.23. The third-order valence-corrected chi connectivity index (χ3v) is 3.47. The van der Waals surface area contributed by atoms with Crippen LogP contribution in [-0.4, -0.2) is 50.3 Å². The minimum atomic E-state index is 0.0123. The Morgan fingerprint density at radius 3 is 2.61 bits per heavy atom. The number of quaternary nitrogens is 2. The zero-order chi connectivity index (χ0) is 13.0. The quantitative estimate of drug-likeness (QED) is 0.567. The zero-order valence-corrected chi connectivity index (χ0v) is 11.1. The first kappa shape index (κ1) is 13.0. The predicted octanol–water partition coefficient (Wildman–Crippen LogP) is -2.28. The Balaban J connectivity index is 1.75. The van der Waals surface area contributed by atoms with Crippen molar-refractivity contribution < 1.29 is 19.1 Å². The van der Waals surface area contributed by atoms with Gasteiger partial charge in [-0.05, 0) is 13.8 Å². The minimum absolute atomic E-state index is 0.0123. The molecule has 2 rings (SSSR count). The zero-order valence-electron chi connectivity index (χ0n) is 11.1. The lowest BCUT2D eigenvalue weighted by Crippen LogP contribution is -3.28. The third kappa shape index (κ3) is 3.54. The van der Waals surface area contributed by atoms with Gasteiger partial charge in [-0.2, -0.15) is 0 Å². The molecule has 1 saturated heterocycles. The maximum atomic E-state index is 11.8. The first-order valence-electron chi connectivity index (χ1n) is 6.57. The van der Waals surface area contributed by atoms with Gasteiger partial charge in [-0.1, -0.05) is 5.16 Å². The van der Waals surface area contributed by atoms with Gasteiger partial charge in [0, 0.05) is 6.07 Å². The number of hydrogen-bond donors (Lipinski definition) is 3. The number of aromatic nitrogens is 1. The van der Waals surface area contributed by atoms with Crippen molar-refractivity contribution in [2.24, 2.45) is 0 Å². The largest absolute Gasteiger partial charge is 0.360 e. The molecule has 6 heteroatoms. The van der Waals surface area contributed by atoms with Crippen LogP contribution in [-0.2, 0) is 4.79 Å². The number of nitrogens with one attached hydrogen (secondary N) is 3. The van der Waals surface area contributed by atoms with Crippen molar-refractivity contribution in [3.8, 4) is 0 Å². The van der Waals surface area contributed by atoms with E-state index in [1.807, 2.05) is 0 Å². The number of nitrogens with zero attached hydrogens (tertiary/aromatic N) is 1. The molecule has 0 unspecified atom stereocenters. The monoisotopic (exact) mass is 254 g/mol. The highest BCUT2D eigenvalue weighted by molar-refractivity contribution is 5.90. The Morgan fingerprint density at radius 2 is 2.06 bits per heavy atom. The number of rotatable bonds is 4. The fourth-order valence-electron chi connectivity index (χ4n) is 2.33. The highest BCUT2D eigenvalue weighted by atomic mass is 16.5. The van der Waals surface area contributed by atoms with E-state index in [4.69, 9.17) is 4.52 Å². The van der Waals surface area contributed by atoms with Crippen molar-refractivity contribution in [2.45, 2.75) is 13.8 Å². The molecular formula is C12H22N4O2+2. The van der Waals surface area contributed by atoms with Crippen molar-refractivity contribution in [2.75, 3.05) is 44.6 Å². The maximum Gasteiger partial charge on any atom is 0.280 e. The molecule has 1 fully saturated rings. The number of amides is 1. The first-order chi connectivity index (χ1) is 8.67. The molecule has 0 aliphatic carbocycles. The number of carbonyl (C=O) groups excluding carboxylic acids is 1. The second kappa shape index (κ2) is 5.97. The van der Waals surface area contributed by atoms with Gasteiger partial charge < -0.3 is 19.6 Å². The van der Waals surface area contributed by atoms with Crippen LogP contribution in [0.4, 0.5) is 5.82 Å². The van der Waals surface area contributed by atoms with Crippen LogP contribution in [0.5, 0.6) is 0 Å². The Labute approximate surface area is 107 Å². The molecule has 1 aliphatic heterocycles. The number of aryl methyl sites for hydroxylation is 1. The molecule has 18 heavy (non-hydrogen) atoms. The van der Waals surface area contributed by atoms with Crippen molar-refractivity contribution in [1.29, 1.82) is 0 Å². The molecule has 100 valence electrons. The molecule has 2 heterocycles. The lowest BCUT2D eigenvalue weighted by molar-refractivity contribution is -1.01. The summed E-state index contributed by atoms with van der Waals surface area (Å²) in [5.74, 6) is 1.23. The molecule has 0 aromatic carbocycles. The van der Waals surface area contributed by atoms with Crippen LogP contribution < -0.4 is 15.1 Å². The Morgan fingerprint density at radius 1 is 1.39 bits per heavy atom. The van der Waals surface area contributed by atoms with Gasteiger partial charge in [-0.25, -0.2) is 0 Å². The summed E-state index contributed by atoms with van der Waals surface area (Å²) in [6.07, 6.45) is 0. The van der Waals surface area contributed by atoms with Crippen LogP contribution in [0.15, 0.2) is 10.6 Å². The van der Waals surface area contributed by atoms with E-state index in [2.05, 4.69) is 17.4 Å². The maximum absolute atomic E-state index is 11.8. The Bertz CT molecular complexity index is 397. The van der Waals surface area contributed by atoms with Gasteiger partial charge in [0.05, 0.1) is 6.54 Å². The van der Waals surface area contributed by atoms with E-state index in [1.54, 1.807) is 17.9 Å². The summed E-state index contributed by atoms with van der Waals surface area (Å²) in [4.78, 5) is 14.8. The fraction of sp³-hybridized carbons (Fsp3) is 0.667. The van der Waals surface area contributed by atoms with Crippen LogP contribution >= 0.6 is 0 Å². The summed E-state index contributed by atoms with van der Waals surface area (Å²) < 4.78 is 4.91. The molecule has 0 bridgehead atoms. The van der Waals surface area contributed by atoms with Crippen molar-refractivity contribution in [3.63, 3.8) is 0 Å². The fourth-order valence-corrected chi connectivity index (χ4v) is 2.33. The molecule has 1 amide bonds. The molecule has 6 nitrogen and oxygen atoms in total. The highest BCUT2D eigenvalue weighted by Crippen LogP contribution is 2.05. The standard InChI is InChI=1S/C12H20N4O2/c1-3-15-4-6-16(7-5-15)9-12(17)13-11-8-10(2)18-14-11/h8H,3-7,9H2,1-2H3,(H,13,14,17)/p+2. The normalized spacial score (nSPS) is 23.9. The molecule has 3 N–H and O–H groups in total. The molecule has 0 saturated carbocycles. The van der Waals surface area contributed by atoms with Gasteiger partial charge in [-0.3, -0.25) is 4.79 Å². The Hall–Kier alpha value is -1.40. The summed E-state index contributed by atoms with van der Waals surface area (Å²) in [7, 11) is 0. The third-order valence-electron chi connectivity index (χ3n) is 3.47. The molecule has 0 atom stereocenters. The second-order valence-corrected chi connectivity index (χ2v) is 4.90.